The molecule has 1 aromatic rings. The topological polar surface area (TPSA) is 62.1 Å². The van der Waals surface area contributed by atoms with Gasteiger partial charge in [-0.2, -0.15) is 5.26 Å². The number of thioether (sulfide) groups is 1. The molecule has 138 valence electrons. The van der Waals surface area contributed by atoms with Gasteiger partial charge in [0.25, 0.3) is 0 Å². The maximum absolute atomic E-state index is 12.3. The molecule has 5 heteroatoms. The first kappa shape index (κ1) is 20.3. The van der Waals surface area contributed by atoms with Gasteiger partial charge in [0.1, 0.15) is 0 Å². The fourth-order valence-corrected chi connectivity index (χ4v) is 4.07. The number of nitrogens with one attached hydrogen (secondary N) is 1. The second-order valence-electron chi connectivity index (χ2n) is 6.15. The molecule has 1 N–H and O–H groups in total. The van der Waals surface area contributed by atoms with E-state index in [0.717, 1.165) is 28.5 Å². The number of benzene rings is 1. The zero-order valence-corrected chi connectivity index (χ0v) is 16.7. The smallest absolute Gasteiger partial charge is 0.158 e. The first-order chi connectivity index (χ1) is 12.5. The maximum Gasteiger partial charge on any atom is 0.158 e. The molecule has 1 unspecified atom stereocenters. The molecule has 0 radical (unpaired) electrons. The van der Waals surface area contributed by atoms with Crippen LogP contribution in [0.4, 0.5) is 0 Å². The Morgan fingerprint density at radius 2 is 2.00 bits per heavy atom. The maximum atomic E-state index is 12.3. The minimum absolute atomic E-state index is 0.00863. The summed E-state index contributed by atoms with van der Waals surface area (Å²) in [5.74, 6) is 0.427. The van der Waals surface area contributed by atoms with E-state index in [1.54, 1.807) is 18.7 Å². The Labute approximate surface area is 160 Å². The Hall–Kier alpha value is -2.03. The molecule has 1 aromatic carbocycles. The van der Waals surface area contributed by atoms with Gasteiger partial charge in [-0.1, -0.05) is 31.2 Å². The van der Waals surface area contributed by atoms with Crippen molar-refractivity contribution in [2.45, 2.75) is 40.0 Å². The Balaban J connectivity index is 2.44. The lowest BCUT2D eigenvalue weighted by atomic mass is 9.81. The van der Waals surface area contributed by atoms with Crippen LogP contribution in [0.2, 0.25) is 0 Å². The Kier molecular flexibility index (Phi) is 7.50. The van der Waals surface area contributed by atoms with Crippen molar-refractivity contribution in [3.8, 4) is 6.07 Å². The van der Waals surface area contributed by atoms with Crippen LogP contribution in [-0.2, 0) is 16.0 Å². The molecule has 0 aromatic heterocycles. The number of ether oxygens (including phenoxy) is 1. The van der Waals surface area contributed by atoms with Gasteiger partial charge in [0.2, 0.25) is 0 Å². The molecule has 4 nitrogen and oxygen atoms in total. The lowest BCUT2D eigenvalue weighted by Gasteiger charge is -2.29. The average Bonchev–Trinajstić information content (AvgIpc) is 2.64. The van der Waals surface area contributed by atoms with Gasteiger partial charge in [0.15, 0.2) is 5.78 Å². The molecule has 26 heavy (non-hydrogen) atoms. The van der Waals surface area contributed by atoms with E-state index >= 15 is 0 Å². The van der Waals surface area contributed by atoms with Gasteiger partial charge in [-0.25, -0.2) is 0 Å². The molecule has 0 saturated heterocycles. The van der Waals surface area contributed by atoms with E-state index in [0.29, 0.717) is 24.4 Å². The fourth-order valence-electron chi connectivity index (χ4n) is 3.12. The van der Waals surface area contributed by atoms with Crippen molar-refractivity contribution in [2.24, 2.45) is 0 Å². The van der Waals surface area contributed by atoms with Gasteiger partial charge < -0.3 is 10.1 Å². The number of hydrogen-bond acceptors (Lipinski definition) is 5. The lowest BCUT2D eigenvalue weighted by molar-refractivity contribution is -0.113. The van der Waals surface area contributed by atoms with E-state index in [1.807, 2.05) is 26.0 Å². The number of rotatable bonds is 8. The van der Waals surface area contributed by atoms with Gasteiger partial charge in [0, 0.05) is 23.6 Å². The Bertz CT molecular complexity index is 757. The van der Waals surface area contributed by atoms with Gasteiger partial charge in [-0.15, -0.1) is 11.8 Å². The number of nitrogens with zero attached hydrogens (tertiary/aromatic N) is 1. The quantitative estimate of drug-likeness (QED) is 0.691. The summed E-state index contributed by atoms with van der Waals surface area (Å²) in [4.78, 5) is 12.3. The number of carbonyl (C=O) groups is 1. The molecule has 1 atom stereocenters. The minimum Gasteiger partial charge on any atom is -0.381 e. The largest absolute Gasteiger partial charge is 0.381 e. The van der Waals surface area contributed by atoms with Crippen molar-refractivity contribution in [3.05, 3.63) is 57.3 Å². The number of dihydropyridines is 1. The third kappa shape index (κ3) is 4.57. The van der Waals surface area contributed by atoms with E-state index in [4.69, 9.17) is 4.74 Å². The molecule has 0 saturated carbocycles. The monoisotopic (exact) mass is 370 g/mol. The van der Waals surface area contributed by atoms with Crippen LogP contribution in [0.15, 0.2) is 46.1 Å². The number of Topliss-reactive ketones (excluding diaryl/α,β-unsaturated/α-hetero) is 1. The number of ketones is 1. The summed E-state index contributed by atoms with van der Waals surface area (Å²) in [6.07, 6.45) is 0.959. The molecule has 1 aliphatic heterocycles. The predicted octanol–water partition coefficient (Wildman–Crippen LogP) is 4.30. The zero-order chi connectivity index (χ0) is 19.1. The first-order valence-electron chi connectivity index (χ1n) is 8.95. The third-order valence-corrected chi connectivity index (χ3v) is 5.41. The minimum atomic E-state index is -0.320. The molecular formula is C21H26N2O2S. The van der Waals surface area contributed by atoms with Gasteiger partial charge in [-0.3, -0.25) is 4.79 Å². The van der Waals surface area contributed by atoms with Crippen molar-refractivity contribution in [3.63, 3.8) is 0 Å². The van der Waals surface area contributed by atoms with E-state index in [-0.39, 0.29) is 11.7 Å². The van der Waals surface area contributed by atoms with Crippen LogP contribution in [0, 0.1) is 11.3 Å². The molecule has 0 bridgehead atoms. The Morgan fingerprint density at radius 3 is 2.54 bits per heavy atom. The van der Waals surface area contributed by atoms with Crippen LogP contribution in [0.5, 0.6) is 0 Å². The van der Waals surface area contributed by atoms with Gasteiger partial charge in [0.05, 0.1) is 29.2 Å². The summed E-state index contributed by atoms with van der Waals surface area (Å²) in [6, 6.07) is 10.6. The van der Waals surface area contributed by atoms with Gasteiger partial charge in [-0.05, 0) is 38.3 Å². The summed E-state index contributed by atoms with van der Waals surface area (Å²) < 4.78 is 5.40. The molecule has 1 heterocycles. The van der Waals surface area contributed by atoms with Crippen LogP contribution in [0.1, 0.15) is 44.7 Å². The number of nitriles is 1. The van der Waals surface area contributed by atoms with Crippen LogP contribution in [-0.4, -0.2) is 24.7 Å². The van der Waals surface area contributed by atoms with E-state index < -0.39 is 0 Å². The summed E-state index contributed by atoms with van der Waals surface area (Å²) in [5.41, 5.74) is 4.31. The highest BCUT2D eigenvalue weighted by atomic mass is 32.2. The second-order valence-corrected chi connectivity index (χ2v) is 7.25. The molecule has 1 aliphatic rings. The molecule has 0 spiro atoms. The SMILES string of the molecule is CCOCCSC1=C(C#N)C(c2ccc(CC)cc2)C(C(C)=O)=C(C)N1. The average molecular weight is 371 g/mol. The van der Waals surface area contributed by atoms with Crippen molar-refractivity contribution in [1.29, 1.82) is 5.26 Å². The van der Waals surface area contributed by atoms with Crippen LogP contribution < -0.4 is 5.32 Å². The fraction of sp³-hybridized carbons (Fsp3) is 0.429. The number of hydrogen-bond donors (Lipinski definition) is 1. The second kappa shape index (κ2) is 9.61. The molecule has 0 amide bonds. The van der Waals surface area contributed by atoms with Gasteiger partial charge >= 0.3 is 0 Å². The number of aryl methyl sites for hydroxylation is 1. The predicted molar refractivity (Wildman–Crippen MR) is 107 cm³/mol. The standard InChI is InChI=1S/C21H26N2O2S/c1-5-16-7-9-17(10-8-16)20-18(13-22)21(26-12-11-25-6-2)23-14(3)19(20)15(4)24/h7-10,20,23H,5-6,11-12H2,1-4H3. The van der Waals surface area contributed by atoms with Crippen molar-refractivity contribution < 1.29 is 9.53 Å². The zero-order valence-electron chi connectivity index (χ0n) is 15.9. The molecule has 2 rings (SSSR count). The van der Waals surface area contributed by atoms with Crippen LogP contribution in [0.25, 0.3) is 0 Å². The van der Waals surface area contributed by atoms with E-state index in [9.17, 15) is 10.1 Å². The summed E-state index contributed by atoms with van der Waals surface area (Å²) >= 11 is 1.57. The number of allylic oxidation sites excluding steroid dienone is 3. The van der Waals surface area contributed by atoms with E-state index in [1.165, 1.54) is 5.56 Å². The van der Waals surface area contributed by atoms with Crippen molar-refractivity contribution in [2.75, 3.05) is 19.0 Å². The summed E-state index contributed by atoms with van der Waals surface area (Å²) in [6.45, 7) is 8.85. The lowest BCUT2D eigenvalue weighted by Crippen LogP contribution is -2.27. The molecule has 0 aliphatic carbocycles. The third-order valence-electron chi connectivity index (χ3n) is 4.43. The van der Waals surface area contributed by atoms with Crippen molar-refractivity contribution in [1.82, 2.24) is 5.32 Å². The van der Waals surface area contributed by atoms with Crippen molar-refractivity contribution >= 4 is 17.5 Å². The highest BCUT2D eigenvalue weighted by molar-refractivity contribution is 8.03. The first-order valence-corrected chi connectivity index (χ1v) is 9.94. The van der Waals surface area contributed by atoms with Crippen LogP contribution >= 0.6 is 11.8 Å². The Morgan fingerprint density at radius 1 is 1.31 bits per heavy atom. The summed E-state index contributed by atoms with van der Waals surface area (Å²) in [5, 5.41) is 13.9. The van der Waals surface area contributed by atoms with E-state index in [2.05, 4.69) is 30.4 Å². The highest BCUT2D eigenvalue weighted by Crippen LogP contribution is 2.40. The normalized spacial score (nSPS) is 17.1. The van der Waals surface area contributed by atoms with Crippen LogP contribution in [0.3, 0.4) is 0 Å². The summed E-state index contributed by atoms with van der Waals surface area (Å²) in [7, 11) is 0. The molecular weight excluding hydrogens is 344 g/mol. The number of carbonyl (C=O) groups excluding carboxylic acids is 1. The highest BCUT2D eigenvalue weighted by Gasteiger charge is 2.32. The molecule has 0 fully saturated rings.